The number of carbonyl (C=O) groups excluding carboxylic acids is 3. The molecule has 0 saturated carbocycles. The summed E-state index contributed by atoms with van der Waals surface area (Å²) in [5, 5.41) is 17.5. The lowest BCUT2D eigenvalue weighted by Gasteiger charge is -2.43. The van der Waals surface area contributed by atoms with Crippen molar-refractivity contribution >= 4 is 29.7 Å². The molecule has 3 amide bonds. The number of nitrogens with zero attached hydrogens (tertiary/aromatic N) is 2. The Balaban J connectivity index is 2.24. The van der Waals surface area contributed by atoms with Crippen molar-refractivity contribution in [3.63, 3.8) is 0 Å². The highest BCUT2D eigenvalue weighted by atomic mass is 16.7. The Labute approximate surface area is 210 Å². The van der Waals surface area contributed by atoms with Crippen LogP contribution in [0, 0.1) is 23.2 Å². The summed E-state index contributed by atoms with van der Waals surface area (Å²) in [7, 11) is 0. The Kier molecular flexibility index (Phi) is 8.02. The predicted molar refractivity (Wildman–Crippen MR) is 131 cm³/mol. The molecule has 11 heteroatoms. The maximum Gasteiger partial charge on any atom is 0.507 e. The number of carboxylic acid groups (broad SMARTS) is 1. The smallest absolute Gasteiger partial charge is 0.450 e. The van der Waals surface area contributed by atoms with Crippen molar-refractivity contribution in [3.05, 3.63) is 35.4 Å². The Bertz CT molecular complexity index is 1040. The number of rotatable bonds is 11. The molecule has 4 atom stereocenters. The zero-order chi connectivity index (χ0) is 26.8. The number of carbonyl (C=O) groups is 4. The fraction of sp³-hybridized carbons (Fsp3) is 0.560. The molecule has 0 radical (unpaired) electrons. The first-order chi connectivity index (χ1) is 16.9. The minimum Gasteiger partial charge on any atom is -0.450 e. The zero-order valence-electron chi connectivity index (χ0n) is 20.9. The van der Waals surface area contributed by atoms with E-state index in [1.165, 1.54) is 4.90 Å². The van der Waals surface area contributed by atoms with Crippen molar-refractivity contribution < 1.29 is 29.0 Å². The summed E-state index contributed by atoms with van der Waals surface area (Å²) in [5.74, 6) is -3.68. The second kappa shape index (κ2) is 10.7. The molecular weight excluding hydrogens is 466 g/mol. The van der Waals surface area contributed by atoms with E-state index in [-0.39, 0.29) is 43.6 Å². The summed E-state index contributed by atoms with van der Waals surface area (Å²) in [6.45, 7) is 5.94. The molecule has 1 aromatic carbocycles. The Morgan fingerprint density at radius 3 is 2.28 bits per heavy atom. The van der Waals surface area contributed by atoms with Gasteiger partial charge in [-0.25, -0.2) is 4.79 Å². The molecule has 0 aromatic heterocycles. The van der Waals surface area contributed by atoms with E-state index in [9.17, 15) is 24.3 Å². The van der Waals surface area contributed by atoms with Crippen LogP contribution in [0.25, 0.3) is 0 Å². The number of primary amides is 1. The van der Waals surface area contributed by atoms with Crippen LogP contribution in [0.2, 0.25) is 0 Å². The topological polar surface area (TPSA) is 180 Å². The number of unbranched alkanes of at least 4 members (excludes halogenated alkanes) is 1. The SMILES string of the molecule is CCCCN1C(=O)C2C(c3ccc(C(=N)N)cc3)N(CCC(N)=O)C(CC(C)C)(OC(=O)O)C2C1=O. The second-order valence-electron chi connectivity index (χ2n) is 9.89. The highest BCUT2D eigenvalue weighted by Crippen LogP contribution is 2.57. The van der Waals surface area contributed by atoms with E-state index in [1.807, 2.05) is 20.8 Å². The fourth-order valence-corrected chi connectivity index (χ4v) is 5.64. The van der Waals surface area contributed by atoms with Crippen molar-refractivity contribution in [2.75, 3.05) is 13.1 Å². The molecule has 2 fully saturated rings. The molecule has 4 unspecified atom stereocenters. The van der Waals surface area contributed by atoms with Gasteiger partial charge in [-0.1, -0.05) is 51.5 Å². The summed E-state index contributed by atoms with van der Waals surface area (Å²) in [5.41, 5.74) is 10.5. The van der Waals surface area contributed by atoms with Gasteiger partial charge in [0.05, 0.1) is 12.0 Å². The molecule has 0 aliphatic carbocycles. The first kappa shape index (κ1) is 27.1. The fourth-order valence-electron chi connectivity index (χ4n) is 5.64. The molecule has 11 nitrogen and oxygen atoms in total. The van der Waals surface area contributed by atoms with E-state index in [0.717, 1.165) is 6.42 Å². The molecule has 0 bridgehead atoms. The first-order valence-electron chi connectivity index (χ1n) is 12.2. The number of amidine groups is 1. The lowest BCUT2D eigenvalue weighted by molar-refractivity contribution is -0.167. The number of nitrogens with one attached hydrogen (secondary N) is 1. The van der Waals surface area contributed by atoms with Gasteiger partial charge in [-0.3, -0.25) is 29.6 Å². The summed E-state index contributed by atoms with van der Waals surface area (Å²) in [6, 6.07) is 5.92. The van der Waals surface area contributed by atoms with E-state index in [4.69, 9.17) is 21.6 Å². The third kappa shape index (κ3) is 4.92. The minimum absolute atomic E-state index is 0.00300. The maximum absolute atomic E-state index is 13.8. The number of nitrogens with two attached hydrogens (primary N) is 2. The summed E-state index contributed by atoms with van der Waals surface area (Å²) >= 11 is 0. The van der Waals surface area contributed by atoms with E-state index in [0.29, 0.717) is 17.5 Å². The van der Waals surface area contributed by atoms with Crippen molar-refractivity contribution in [2.24, 2.45) is 29.2 Å². The average Bonchev–Trinajstić information content (AvgIpc) is 3.19. The molecule has 36 heavy (non-hydrogen) atoms. The van der Waals surface area contributed by atoms with Crippen molar-refractivity contribution in [1.29, 1.82) is 5.41 Å². The second-order valence-corrected chi connectivity index (χ2v) is 9.89. The normalized spacial score (nSPS) is 25.9. The summed E-state index contributed by atoms with van der Waals surface area (Å²) < 4.78 is 5.59. The van der Waals surface area contributed by atoms with Crippen LogP contribution in [-0.2, 0) is 19.1 Å². The van der Waals surface area contributed by atoms with Crippen LogP contribution in [0.3, 0.4) is 0 Å². The van der Waals surface area contributed by atoms with Crippen LogP contribution >= 0.6 is 0 Å². The minimum atomic E-state index is -1.67. The molecule has 6 N–H and O–H groups in total. The number of nitrogen functional groups attached to an aromatic ring is 1. The number of likely N-dealkylation sites (tertiary alicyclic amines) is 2. The van der Waals surface area contributed by atoms with Crippen molar-refractivity contribution in [3.8, 4) is 0 Å². The van der Waals surface area contributed by atoms with Gasteiger partial charge in [-0.15, -0.1) is 0 Å². The Morgan fingerprint density at radius 1 is 1.14 bits per heavy atom. The molecule has 2 aliphatic heterocycles. The number of hydrogen-bond acceptors (Lipinski definition) is 7. The standard InChI is InChI=1S/C25H35N5O6/c1-4-5-11-29-22(32)18-19(23(29)33)25(13-14(2)3,36-24(34)35)30(12-10-17(26)31)20(18)15-6-8-16(9-7-15)21(27)28/h6-9,14,18-20H,4-5,10-13H2,1-3H3,(H2,26,31)(H3,27,28)(H,34,35). The number of fused-ring (bicyclic) bond motifs is 1. The largest absolute Gasteiger partial charge is 0.507 e. The summed E-state index contributed by atoms with van der Waals surface area (Å²) in [6.07, 6.45) is -0.153. The van der Waals surface area contributed by atoms with Crippen LogP contribution in [0.5, 0.6) is 0 Å². The molecule has 2 saturated heterocycles. The molecule has 2 aliphatic rings. The van der Waals surface area contributed by atoms with Gasteiger partial charge in [-0.05, 0) is 17.9 Å². The van der Waals surface area contributed by atoms with Crippen LogP contribution in [0.15, 0.2) is 24.3 Å². The molecule has 0 spiro atoms. The van der Waals surface area contributed by atoms with Crippen LogP contribution in [0.4, 0.5) is 4.79 Å². The Hall–Kier alpha value is -3.47. The number of imide groups is 1. The monoisotopic (exact) mass is 501 g/mol. The average molecular weight is 502 g/mol. The summed E-state index contributed by atoms with van der Waals surface area (Å²) in [4.78, 5) is 54.2. The third-order valence-electron chi connectivity index (χ3n) is 6.95. The quantitative estimate of drug-likeness (QED) is 0.154. The van der Waals surface area contributed by atoms with Crippen molar-refractivity contribution in [2.45, 2.75) is 58.2 Å². The highest BCUT2D eigenvalue weighted by molar-refractivity contribution is 6.07. The van der Waals surface area contributed by atoms with Gasteiger partial charge in [0, 0.05) is 31.5 Å². The molecule has 1 aromatic rings. The number of hydrogen-bond donors (Lipinski definition) is 4. The molecule has 3 rings (SSSR count). The van der Waals surface area contributed by atoms with E-state index in [2.05, 4.69) is 0 Å². The van der Waals surface area contributed by atoms with Crippen LogP contribution in [0.1, 0.15) is 63.6 Å². The predicted octanol–water partition coefficient (Wildman–Crippen LogP) is 2.04. The third-order valence-corrected chi connectivity index (χ3v) is 6.95. The van der Waals surface area contributed by atoms with Gasteiger partial charge >= 0.3 is 6.16 Å². The molecule has 2 heterocycles. The first-order valence-corrected chi connectivity index (χ1v) is 12.2. The zero-order valence-corrected chi connectivity index (χ0v) is 20.9. The number of amides is 3. The van der Waals surface area contributed by atoms with Gasteiger partial charge in [-0.2, -0.15) is 0 Å². The maximum atomic E-state index is 13.8. The van der Waals surface area contributed by atoms with E-state index >= 15 is 0 Å². The van der Waals surface area contributed by atoms with Gasteiger partial charge in [0.15, 0.2) is 5.72 Å². The number of benzene rings is 1. The van der Waals surface area contributed by atoms with Crippen LogP contribution in [-0.4, -0.2) is 63.4 Å². The molecular formula is C25H35N5O6. The van der Waals surface area contributed by atoms with Crippen molar-refractivity contribution in [1.82, 2.24) is 9.80 Å². The lowest BCUT2D eigenvalue weighted by atomic mass is 9.82. The van der Waals surface area contributed by atoms with Gasteiger partial charge in [0.2, 0.25) is 17.7 Å². The van der Waals surface area contributed by atoms with Gasteiger partial charge < -0.3 is 21.3 Å². The Morgan fingerprint density at radius 2 is 1.78 bits per heavy atom. The van der Waals surface area contributed by atoms with Crippen LogP contribution < -0.4 is 11.5 Å². The molecule has 196 valence electrons. The van der Waals surface area contributed by atoms with E-state index < -0.39 is 41.6 Å². The number of ether oxygens (including phenoxy) is 1. The lowest BCUT2D eigenvalue weighted by Crippen LogP contribution is -2.56. The van der Waals surface area contributed by atoms with Gasteiger partial charge in [0.25, 0.3) is 0 Å². The highest BCUT2D eigenvalue weighted by Gasteiger charge is 2.71. The van der Waals surface area contributed by atoms with E-state index in [1.54, 1.807) is 29.2 Å². The van der Waals surface area contributed by atoms with Gasteiger partial charge in [0.1, 0.15) is 11.8 Å².